The molecule has 0 saturated heterocycles. The lowest BCUT2D eigenvalue weighted by Crippen LogP contribution is -2.17. The smallest absolute Gasteiger partial charge is 0.0776 e. The summed E-state index contributed by atoms with van der Waals surface area (Å²) in [5, 5.41) is 7.27. The minimum Gasteiger partial charge on any atom is -0.309 e. The van der Waals surface area contributed by atoms with Crippen LogP contribution in [0.4, 0.5) is 0 Å². The molecular weight excluding hydrogens is 208 g/mol. The second kappa shape index (κ2) is 4.46. The molecule has 4 nitrogen and oxygen atoms in total. The van der Waals surface area contributed by atoms with E-state index in [1.807, 2.05) is 32.3 Å². The van der Waals surface area contributed by atoms with Gasteiger partial charge in [0.1, 0.15) is 0 Å². The van der Waals surface area contributed by atoms with Crippen molar-refractivity contribution in [3.63, 3.8) is 0 Å². The van der Waals surface area contributed by atoms with Crippen LogP contribution < -0.4 is 5.32 Å². The highest BCUT2D eigenvalue weighted by atomic mass is 32.1. The minimum atomic E-state index is 0.138. The zero-order valence-corrected chi connectivity index (χ0v) is 9.45. The highest BCUT2D eigenvalue weighted by Crippen LogP contribution is 2.25. The fraction of sp³-hybridized carbons (Fsp3) is 0.300. The van der Waals surface area contributed by atoms with Crippen molar-refractivity contribution in [2.24, 2.45) is 0 Å². The number of pyridine rings is 1. The third-order valence-corrected chi connectivity index (χ3v) is 3.15. The van der Waals surface area contributed by atoms with Crippen molar-refractivity contribution < 1.29 is 0 Å². The van der Waals surface area contributed by atoms with Gasteiger partial charge in [0.05, 0.1) is 16.6 Å². The van der Waals surface area contributed by atoms with Gasteiger partial charge in [-0.2, -0.15) is 0 Å². The predicted molar refractivity (Wildman–Crippen MR) is 59.8 cm³/mol. The zero-order valence-electron chi connectivity index (χ0n) is 8.64. The fourth-order valence-corrected chi connectivity index (χ4v) is 2.28. The second-order valence-electron chi connectivity index (χ2n) is 3.23. The molecule has 1 N–H and O–H groups in total. The molecule has 0 radical (unpaired) electrons. The summed E-state index contributed by atoms with van der Waals surface area (Å²) in [5.41, 5.74) is 2.11. The minimum absolute atomic E-state index is 0.138. The van der Waals surface area contributed by atoms with Crippen LogP contribution in [0.2, 0.25) is 0 Å². The van der Waals surface area contributed by atoms with Crippen molar-refractivity contribution in [1.29, 1.82) is 0 Å². The van der Waals surface area contributed by atoms with Gasteiger partial charge < -0.3 is 5.32 Å². The number of rotatable bonds is 3. The van der Waals surface area contributed by atoms with Gasteiger partial charge >= 0.3 is 0 Å². The molecule has 0 spiro atoms. The first kappa shape index (κ1) is 10.2. The van der Waals surface area contributed by atoms with Gasteiger partial charge in [-0.05, 0) is 37.1 Å². The van der Waals surface area contributed by atoms with E-state index in [9.17, 15) is 0 Å². The molecule has 15 heavy (non-hydrogen) atoms. The first-order valence-electron chi connectivity index (χ1n) is 4.69. The maximum atomic E-state index is 4.12. The lowest BCUT2D eigenvalue weighted by Gasteiger charge is -2.14. The fourth-order valence-electron chi connectivity index (χ4n) is 1.50. The zero-order chi connectivity index (χ0) is 10.7. The van der Waals surface area contributed by atoms with E-state index in [-0.39, 0.29) is 6.04 Å². The van der Waals surface area contributed by atoms with Crippen LogP contribution >= 0.6 is 11.5 Å². The molecule has 0 amide bonds. The van der Waals surface area contributed by atoms with E-state index >= 15 is 0 Å². The maximum absolute atomic E-state index is 4.12. The predicted octanol–water partition coefficient (Wildman–Crippen LogP) is 1.55. The van der Waals surface area contributed by atoms with Crippen LogP contribution in [0.5, 0.6) is 0 Å². The van der Waals surface area contributed by atoms with E-state index in [1.54, 1.807) is 6.20 Å². The number of hydrogen-bond donors (Lipinski definition) is 1. The van der Waals surface area contributed by atoms with Crippen molar-refractivity contribution in [2.45, 2.75) is 13.0 Å². The standard InChI is InChI=1S/C10H12N4S/c1-7-10(15-14-13-7)9(11-2)8-4-3-5-12-6-8/h3-6,9,11H,1-2H3. The van der Waals surface area contributed by atoms with Crippen molar-refractivity contribution in [3.8, 4) is 0 Å². The quantitative estimate of drug-likeness (QED) is 0.852. The summed E-state index contributed by atoms with van der Waals surface area (Å²) in [6.45, 7) is 1.97. The Balaban J connectivity index is 2.37. The Morgan fingerprint density at radius 2 is 2.33 bits per heavy atom. The summed E-state index contributed by atoms with van der Waals surface area (Å²) in [6, 6.07) is 4.12. The van der Waals surface area contributed by atoms with Crippen LogP contribution in [0.25, 0.3) is 0 Å². The number of aryl methyl sites for hydroxylation is 1. The maximum Gasteiger partial charge on any atom is 0.0776 e. The van der Waals surface area contributed by atoms with Crippen molar-refractivity contribution in [3.05, 3.63) is 40.7 Å². The number of nitrogens with one attached hydrogen (secondary N) is 1. The number of aromatic nitrogens is 3. The summed E-state index contributed by atoms with van der Waals surface area (Å²) in [7, 11) is 1.93. The molecule has 5 heteroatoms. The molecular formula is C10H12N4S. The Bertz CT molecular complexity index is 426. The van der Waals surface area contributed by atoms with Crippen LogP contribution in [0.15, 0.2) is 24.5 Å². The summed E-state index contributed by atoms with van der Waals surface area (Å²) in [6.07, 6.45) is 3.63. The Morgan fingerprint density at radius 3 is 2.87 bits per heavy atom. The molecule has 2 aromatic rings. The molecule has 1 atom stereocenters. The summed E-state index contributed by atoms with van der Waals surface area (Å²) < 4.78 is 3.95. The first-order chi connectivity index (χ1) is 7.33. The van der Waals surface area contributed by atoms with Crippen LogP contribution in [0.3, 0.4) is 0 Å². The molecule has 1 unspecified atom stereocenters. The molecule has 0 aliphatic rings. The molecule has 2 heterocycles. The van der Waals surface area contributed by atoms with Gasteiger partial charge in [0, 0.05) is 12.4 Å². The molecule has 0 saturated carbocycles. The van der Waals surface area contributed by atoms with Gasteiger partial charge in [-0.1, -0.05) is 10.6 Å². The molecule has 0 fully saturated rings. The van der Waals surface area contributed by atoms with Gasteiger partial charge in [-0.3, -0.25) is 4.98 Å². The van der Waals surface area contributed by atoms with Crippen molar-refractivity contribution in [2.75, 3.05) is 7.05 Å². The Morgan fingerprint density at radius 1 is 1.47 bits per heavy atom. The third kappa shape index (κ3) is 2.03. The van der Waals surface area contributed by atoms with E-state index in [1.165, 1.54) is 11.5 Å². The van der Waals surface area contributed by atoms with Crippen molar-refractivity contribution >= 4 is 11.5 Å². The van der Waals surface area contributed by atoms with Gasteiger partial charge in [0.2, 0.25) is 0 Å². The van der Waals surface area contributed by atoms with Gasteiger partial charge in [-0.25, -0.2) is 0 Å². The SMILES string of the molecule is CNC(c1cccnc1)c1snnc1C. The average molecular weight is 220 g/mol. The summed E-state index contributed by atoms with van der Waals surface area (Å²) in [5.74, 6) is 0. The van der Waals surface area contributed by atoms with Crippen LogP contribution in [-0.4, -0.2) is 21.6 Å². The molecule has 0 aliphatic heterocycles. The Hall–Kier alpha value is -1.33. The highest BCUT2D eigenvalue weighted by molar-refractivity contribution is 7.05. The van der Waals surface area contributed by atoms with E-state index < -0.39 is 0 Å². The molecule has 2 aromatic heterocycles. The molecule has 78 valence electrons. The van der Waals surface area contributed by atoms with Crippen LogP contribution in [0, 0.1) is 6.92 Å². The number of nitrogens with zero attached hydrogens (tertiary/aromatic N) is 3. The highest BCUT2D eigenvalue weighted by Gasteiger charge is 2.17. The summed E-state index contributed by atoms with van der Waals surface area (Å²) in [4.78, 5) is 5.26. The third-order valence-electron chi connectivity index (χ3n) is 2.26. The lowest BCUT2D eigenvalue weighted by molar-refractivity contribution is 0.694. The van der Waals surface area contributed by atoms with Gasteiger partial charge in [-0.15, -0.1) is 5.10 Å². The van der Waals surface area contributed by atoms with E-state index in [2.05, 4.69) is 19.9 Å². The van der Waals surface area contributed by atoms with E-state index in [4.69, 9.17) is 0 Å². The van der Waals surface area contributed by atoms with Crippen LogP contribution in [0.1, 0.15) is 22.2 Å². The Labute approximate surface area is 92.5 Å². The lowest BCUT2D eigenvalue weighted by atomic mass is 10.1. The van der Waals surface area contributed by atoms with E-state index in [0.29, 0.717) is 0 Å². The molecule has 0 bridgehead atoms. The summed E-state index contributed by atoms with van der Waals surface area (Å²) >= 11 is 1.43. The topological polar surface area (TPSA) is 50.7 Å². The second-order valence-corrected chi connectivity index (χ2v) is 4.02. The number of hydrogen-bond acceptors (Lipinski definition) is 5. The normalized spacial score (nSPS) is 12.7. The van der Waals surface area contributed by atoms with E-state index in [0.717, 1.165) is 16.1 Å². The molecule has 2 rings (SSSR count). The van der Waals surface area contributed by atoms with Gasteiger partial charge in [0.15, 0.2) is 0 Å². The molecule has 0 aliphatic carbocycles. The van der Waals surface area contributed by atoms with Crippen molar-refractivity contribution in [1.82, 2.24) is 19.9 Å². The largest absolute Gasteiger partial charge is 0.309 e. The first-order valence-corrected chi connectivity index (χ1v) is 5.46. The Kier molecular flexibility index (Phi) is 3.03. The van der Waals surface area contributed by atoms with Gasteiger partial charge in [0.25, 0.3) is 0 Å². The average Bonchev–Trinajstić information content (AvgIpc) is 2.68. The molecule has 0 aromatic carbocycles. The monoisotopic (exact) mass is 220 g/mol. The van der Waals surface area contributed by atoms with Crippen LogP contribution in [-0.2, 0) is 0 Å².